The summed E-state index contributed by atoms with van der Waals surface area (Å²) < 4.78 is 0. The quantitative estimate of drug-likeness (QED) is 0.833. The van der Waals surface area contributed by atoms with Gasteiger partial charge in [0.25, 0.3) is 0 Å². The lowest BCUT2D eigenvalue weighted by atomic mass is 10.1. The normalized spacial score (nSPS) is 11.7. The Bertz CT molecular complexity index is 572. The van der Waals surface area contributed by atoms with Crippen LogP contribution in [0.25, 0.3) is 0 Å². The third-order valence-electron chi connectivity index (χ3n) is 2.99. The molecule has 0 amide bonds. The first-order valence-corrected chi connectivity index (χ1v) is 7.27. The van der Waals surface area contributed by atoms with Crippen LogP contribution in [0.5, 0.6) is 0 Å². The summed E-state index contributed by atoms with van der Waals surface area (Å²) in [4.78, 5) is 0. The molecule has 2 rings (SSSR count). The molecule has 1 atom stereocenters. The molecule has 0 bridgehead atoms. The van der Waals surface area contributed by atoms with Crippen molar-refractivity contribution >= 4 is 28.9 Å². The Balaban J connectivity index is 1.84. The first-order chi connectivity index (χ1) is 9.65. The van der Waals surface area contributed by atoms with Crippen LogP contribution in [0.4, 0.5) is 0 Å². The van der Waals surface area contributed by atoms with Crippen molar-refractivity contribution in [1.82, 2.24) is 10.6 Å². The van der Waals surface area contributed by atoms with Gasteiger partial charge in [-0.2, -0.15) is 0 Å². The van der Waals surface area contributed by atoms with Crippen LogP contribution >= 0.6 is 23.8 Å². The Hall–Kier alpha value is -1.58. The van der Waals surface area contributed by atoms with Gasteiger partial charge in [0.1, 0.15) is 0 Å². The van der Waals surface area contributed by atoms with Crippen LogP contribution in [0.3, 0.4) is 0 Å². The molecule has 0 aliphatic rings. The molecule has 0 heterocycles. The zero-order chi connectivity index (χ0) is 14.4. The maximum absolute atomic E-state index is 5.95. The highest BCUT2D eigenvalue weighted by molar-refractivity contribution is 7.80. The van der Waals surface area contributed by atoms with Crippen LogP contribution < -0.4 is 10.6 Å². The molecule has 20 heavy (non-hydrogen) atoms. The van der Waals surface area contributed by atoms with E-state index in [4.69, 9.17) is 23.8 Å². The smallest absolute Gasteiger partial charge is 0.167 e. The molecule has 0 aromatic heterocycles. The van der Waals surface area contributed by atoms with E-state index >= 15 is 0 Å². The van der Waals surface area contributed by atoms with Crippen LogP contribution in [0.15, 0.2) is 54.6 Å². The molecule has 2 nitrogen and oxygen atoms in total. The van der Waals surface area contributed by atoms with E-state index in [1.807, 2.05) is 42.5 Å². The predicted octanol–water partition coefficient (Wildman–Crippen LogP) is 4.07. The third-order valence-corrected chi connectivity index (χ3v) is 3.49. The number of hydrogen-bond acceptors (Lipinski definition) is 1. The fourth-order valence-electron chi connectivity index (χ4n) is 1.90. The minimum absolute atomic E-state index is 0.176. The van der Waals surface area contributed by atoms with Gasteiger partial charge in [-0.15, -0.1) is 0 Å². The van der Waals surface area contributed by atoms with Gasteiger partial charge in [0.05, 0.1) is 6.04 Å². The van der Waals surface area contributed by atoms with E-state index in [0.29, 0.717) is 11.7 Å². The van der Waals surface area contributed by atoms with Gasteiger partial charge in [0.15, 0.2) is 5.11 Å². The molecule has 0 fully saturated rings. The number of thiocarbonyl (C=S) groups is 1. The number of halogens is 1. The lowest BCUT2D eigenvalue weighted by Crippen LogP contribution is -2.36. The SMILES string of the molecule is CC(NC(=S)NCc1cccc(Cl)c1)c1ccccc1. The van der Waals surface area contributed by atoms with E-state index in [0.717, 1.165) is 10.6 Å². The van der Waals surface area contributed by atoms with Gasteiger partial charge in [-0.05, 0) is 42.4 Å². The number of hydrogen-bond donors (Lipinski definition) is 2. The van der Waals surface area contributed by atoms with E-state index in [2.05, 4.69) is 29.7 Å². The molecule has 0 saturated carbocycles. The molecule has 2 N–H and O–H groups in total. The van der Waals surface area contributed by atoms with E-state index in [-0.39, 0.29) is 6.04 Å². The fourth-order valence-corrected chi connectivity index (χ4v) is 2.36. The van der Waals surface area contributed by atoms with Crippen molar-refractivity contribution < 1.29 is 0 Å². The molecule has 2 aromatic carbocycles. The van der Waals surface area contributed by atoms with E-state index in [9.17, 15) is 0 Å². The van der Waals surface area contributed by atoms with Gasteiger partial charge < -0.3 is 10.6 Å². The van der Waals surface area contributed by atoms with Crippen molar-refractivity contribution in [3.63, 3.8) is 0 Å². The average Bonchev–Trinajstić information content (AvgIpc) is 2.46. The zero-order valence-corrected chi connectivity index (χ0v) is 12.8. The highest BCUT2D eigenvalue weighted by Crippen LogP contribution is 2.12. The van der Waals surface area contributed by atoms with Crippen molar-refractivity contribution in [2.24, 2.45) is 0 Å². The summed E-state index contributed by atoms with van der Waals surface area (Å²) in [6, 6.07) is 18.1. The molecule has 4 heteroatoms. The minimum atomic E-state index is 0.176. The maximum Gasteiger partial charge on any atom is 0.167 e. The second-order valence-electron chi connectivity index (χ2n) is 4.59. The van der Waals surface area contributed by atoms with Crippen LogP contribution in [0.2, 0.25) is 5.02 Å². The second-order valence-corrected chi connectivity index (χ2v) is 5.43. The predicted molar refractivity (Wildman–Crippen MR) is 88.9 cm³/mol. The third kappa shape index (κ3) is 4.51. The van der Waals surface area contributed by atoms with Gasteiger partial charge in [0.2, 0.25) is 0 Å². The van der Waals surface area contributed by atoms with Gasteiger partial charge in [0, 0.05) is 11.6 Å². The molecular weight excluding hydrogens is 288 g/mol. The summed E-state index contributed by atoms with van der Waals surface area (Å²) in [6.45, 7) is 2.75. The number of rotatable bonds is 4. The lowest BCUT2D eigenvalue weighted by Gasteiger charge is -2.17. The van der Waals surface area contributed by atoms with Crippen LogP contribution in [0.1, 0.15) is 24.1 Å². The Labute approximate surface area is 130 Å². The van der Waals surface area contributed by atoms with Gasteiger partial charge in [-0.3, -0.25) is 0 Å². The molecule has 0 saturated heterocycles. The van der Waals surface area contributed by atoms with Gasteiger partial charge in [-0.25, -0.2) is 0 Å². The standard InChI is InChI=1S/C16H17ClN2S/c1-12(14-7-3-2-4-8-14)19-16(20)18-11-13-6-5-9-15(17)10-13/h2-10,12H,11H2,1H3,(H2,18,19,20). The average molecular weight is 305 g/mol. The molecule has 2 aromatic rings. The Morgan fingerprint density at radius 3 is 2.60 bits per heavy atom. The van der Waals surface area contributed by atoms with Crippen molar-refractivity contribution in [2.45, 2.75) is 19.5 Å². The van der Waals surface area contributed by atoms with Crippen molar-refractivity contribution in [2.75, 3.05) is 0 Å². The molecule has 0 spiro atoms. The van der Waals surface area contributed by atoms with Crippen molar-refractivity contribution in [3.05, 3.63) is 70.7 Å². The summed E-state index contributed by atoms with van der Waals surface area (Å²) in [5, 5.41) is 7.83. The molecule has 104 valence electrons. The van der Waals surface area contributed by atoms with E-state index < -0.39 is 0 Å². The van der Waals surface area contributed by atoms with E-state index in [1.54, 1.807) is 0 Å². The first-order valence-electron chi connectivity index (χ1n) is 6.49. The molecular formula is C16H17ClN2S. The molecule has 0 aliphatic carbocycles. The molecule has 0 aliphatic heterocycles. The van der Waals surface area contributed by atoms with Crippen LogP contribution in [-0.4, -0.2) is 5.11 Å². The highest BCUT2D eigenvalue weighted by atomic mass is 35.5. The first kappa shape index (κ1) is 14.8. The lowest BCUT2D eigenvalue weighted by molar-refractivity contribution is 0.698. The summed E-state index contributed by atoms with van der Waals surface area (Å²) in [5.41, 5.74) is 2.31. The highest BCUT2D eigenvalue weighted by Gasteiger charge is 2.05. The zero-order valence-electron chi connectivity index (χ0n) is 11.3. The van der Waals surface area contributed by atoms with Crippen molar-refractivity contribution in [1.29, 1.82) is 0 Å². The molecule has 0 radical (unpaired) electrons. The largest absolute Gasteiger partial charge is 0.359 e. The number of nitrogens with one attached hydrogen (secondary N) is 2. The fraction of sp³-hybridized carbons (Fsp3) is 0.188. The Morgan fingerprint density at radius 2 is 1.90 bits per heavy atom. The van der Waals surface area contributed by atoms with Gasteiger partial charge in [-0.1, -0.05) is 54.1 Å². The van der Waals surface area contributed by atoms with Crippen molar-refractivity contribution in [3.8, 4) is 0 Å². The monoisotopic (exact) mass is 304 g/mol. The summed E-state index contributed by atoms with van der Waals surface area (Å²) in [7, 11) is 0. The van der Waals surface area contributed by atoms with Crippen LogP contribution in [-0.2, 0) is 6.54 Å². The number of benzene rings is 2. The summed E-state index contributed by atoms with van der Waals surface area (Å²) >= 11 is 11.3. The topological polar surface area (TPSA) is 24.1 Å². The summed E-state index contributed by atoms with van der Waals surface area (Å²) in [5.74, 6) is 0. The van der Waals surface area contributed by atoms with Gasteiger partial charge >= 0.3 is 0 Å². The second kappa shape index (κ2) is 7.27. The summed E-state index contributed by atoms with van der Waals surface area (Å²) in [6.07, 6.45) is 0. The maximum atomic E-state index is 5.95. The Morgan fingerprint density at radius 1 is 1.15 bits per heavy atom. The van der Waals surface area contributed by atoms with E-state index in [1.165, 1.54) is 5.56 Å². The molecule has 1 unspecified atom stereocenters. The Kier molecular flexibility index (Phi) is 5.39. The minimum Gasteiger partial charge on any atom is -0.359 e. The van der Waals surface area contributed by atoms with Crippen LogP contribution in [0, 0.1) is 0 Å².